The highest BCUT2D eigenvalue weighted by Crippen LogP contribution is 2.16. The zero-order valence-corrected chi connectivity index (χ0v) is 12.5. The van der Waals surface area contributed by atoms with Gasteiger partial charge in [0.1, 0.15) is 11.5 Å². The van der Waals surface area contributed by atoms with Crippen molar-refractivity contribution in [3.05, 3.63) is 47.5 Å². The van der Waals surface area contributed by atoms with Crippen molar-refractivity contribution in [2.45, 2.75) is 13.3 Å². The minimum absolute atomic E-state index is 0. The fourth-order valence-corrected chi connectivity index (χ4v) is 1.90. The van der Waals surface area contributed by atoms with E-state index in [9.17, 15) is 9.18 Å². The van der Waals surface area contributed by atoms with Crippen LogP contribution in [0.1, 0.15) is 22.5 Å². The lowest BCUT2D eigenvalue weighted by Crippen LogP contribution is -2.26. The smallest absolute Gasteiger partial charge is 0.254 e. The average molecular weight is 313 g/mol. The number of carbonyl (C=O) groups excluding carboxylic acids is 1. The van der Waals surface area contributed by atoms with Gasteiger partial charge in [-0.1, -0.05) is 12.1 Å². The van der Waals surface area contributed by atoms with Crippen LogP contribution in [-0.2, 0) is 0 Å². The molecule has 0 aliphatic rings. The van der Waals surface area contributed by atoms with Gasteiger partial charge in [0.05, 0.1) is 17.5 Å². The van der Waals surface area contributed by atoms with E-state index >= 15 is 0 Å². The maximum absolute atomic E-state index is 13.7. The van der Waals surface area contributed by atoms with E-state index in [1.54, 1.807) is 25.1 Å². The molecule has 0 fully saturated rings. The Kier molecular flexibility index (Phi) is 6.33. The Morgan fingerprint density at radius 1 is 1.43 bits per heavy atom. The zero-order chi connectivity index (χ0) is 14.5. The lowest BCUT2D eigenvalue weighted by atomic mass is 10.2. The molecule has 0 bridgehead atoms. The van der Waals surface area contributed by atoms with Crippen LogP contribution in [0.5, 0.6) is 0 Å². The van der Waals surface area contributed by atoms with Gasteiger partial charge in [-0.15, -0.1) is 12.4 Å². The maximum Gasteiger partial charge on any atom is 0.254 e. The number of halogens is 2. The first-order valence-electron chi connectivity index (χ1n) is 6.43. The van der Waals surface area contributed by atoms with Gasteiger partial charge in [0.15, 0.2) is 0 Å². The first-order valence-corrected chi connectivity index (χ1v) is 6.43. The summed E-state index contributed by atoms with van der Waals surface area (Å²) in [6.07, 6.45) is 2.16. The lowest BCUT2D eigenvalue weighted by molar-refractivity contribution is 0.0953. The van der Waals surface area contributed by atoms with Crippen molar-refractivity contribution in [2.75, 3.05) is 13.1 Å². The lowest BCUT2D eigenvalue weighted by Gasteiger charge is -2.07. The topological polar surface area (TPSA) is 72.9 Å². The molecule has 1 aromatic heterocycles. The number of carbonyl (C=O) groups is 1. The Morgan fingerprint density at radius 3 is 2.81 bits per heavy atom. The van der Waals surface area contributed by atoms with Crippen molar-refractivity contribution in [1.29, 1.82) is 0 Å². The molecular weight excluding hydrogens is 295 g/mol. The van der Waals surface area contributed by atoms with Crippen LogP contribution < -0.4 is 11.1 Å². The standard InChI is InChI=1S/C14H17FN4O.ClH/c1-10-11(14(20)17-8-4-7-16)9-18-19(10)13-6-3-2-5-12(13)15;/h2-3,5-6,9H,4,7-8,16H2,1H3,(H,17,20);1H. The molecule has 0 radical (unpaired) electrons. The summed E-state index contributed by atoms with van der Waals surface area (Å²) in [5, 5.41) is 6.84. The van der Waals surface area contributed by atoms with Gasteiger partial charge < -0.3 is 11.1 Å². The largest absolute Gasteiger partial charge is 0.352 e. The van der Waals surface area contributed by atoms with Crippen LogP contribution in [0.4, 0.5) is 4.39 Å². The van der Waals surface area contributed by atoms with Crippen molar-refractivity contribution < 1.29 is 9.18 Å². The Hall–Kier alpha value is -1.92. The number of aromatic nitrogens is 2. The van der Waals surface area contributed by atoms with Crippen LogP contribution in [0.25, 0.3) is 5.69 Å². The van der Waals surface area contributed by atoms with Gasteiger partial charge in [-0.05, 0) is 32.0 Å². The normalized spacial score (nSPS) is 10.0. The third kappa shape index (κ3) is 3.80. The molecule has 0 saturated heterocycles. The Morgan fingerprint density at radius 2 is 2.14 bits per heavy atom. The monoisotopic (exact) mass is 312 g/mol. The molecule has 0 aliphatic heterocycles. The van der Waals surface area contributed by atoms with Crippen LogP contribution in [0.15, 0.2) is 30.5 Å². The van der Waals surface area contributed by atoms with E-state index in [0.717, 1.165) is 0 Å². The van der Waals surface area contributed by atoms with Crippen molar-refractivity contribution in [3.8, 4) is 5.69 Å². The summed E-state index contributed by atoms with van der Waals surface area (Å²) in [7, 11) is 0. The zero-order valence-electron chi connectivity index (χ0n) is 11.7. The molecule has 21 heavy (non-hydrogen) atoms. The van der Waals surface area contributed by atoms with Gasteiger partial charge in [0.25, 0.3) is 5.91 Å². The Balaban J connectivity index is 0.00000220. The highest BCUT2D eigenvalue weighted by atomic mass is 35.5. The highest BCUT2D eigenvalue weighted by Gasteiger charge is 2.16. The molecule has 1 heterocycles. The van der Waals surface area contributed by atoms with Crippen LogP contribution in [0, 0.1) is 12.7 Å². The summed E-state index contributed by atoms with van der Waals surface area (Å²) in [6.45, 7) is 2.77. The van der Waals surface area contributed by atoms with Crippen molar-refractivity contribution in [1.82, 2.24) is 15.1 Å². The number of para-hydroxylation sites is 1. The van der Waals surface area contributed by atoms with E-state index < -0.39 is 0 Å². The molecule has 1 aromatic carbocycles. The molecule has 7 heteroatoms. The molecule has 0 saturated carbocycles. The number of hydrogen-bond donors (Lipinski definition) is 2. The minimum Gasteiger partial charge on any atom is -0.352 e. The molecule has 0 spiro atoms. The number of nitrogens with two attached hydrogens (primary N) is 1. The summed E-state index contributed by atoms with van der Waals surface area (Å²) >= 11 is 0. The molecule has 1 amide bonds. The number of benzene rings is 1. The summed E-state index contributed by atoms with van der Waals surface area (Å²) in [5.74, 6) is -0.604. The highest BCUT2D eigenvalue weighted by molar-refractivity contribution is 5.95. The molecule has 2 rings (SSSR count). The van der Waals surface area contributed by atoms with Crippen molar-refractivity contribution in [2.24, 2.45) is 5.73 Å². The molecule has 0 aliphatic carbocycles. The molecular formula is C14H18ClFN4O. The summed E-state index contributed by atoms with van der Waals surface area (Å²) in [6, 6.07) is 6.31. The van der Waals surface area contributed by atoms with Gasteiger partial charge in [0.2, 0.25) is 0 Å². The molecule has 114 valence electrons. The van der Waals surface area contributed by atoms with E-state index in [-0.39, 0.29) is 24.1 Å². The van der Waals surface area contributed by atoms with Gasteiger partial charge in [-0.2, -0.15) is 5.10 Å². The van der Waals surface area contributed by atoms with Gasteiger partial charge in [0, 0.05) is 6.54 Å². The van der Waals surface area contributed by atoms with Gasteiger partial charge in [-0.25, -0.2) is 9.07 Å². The predicted octanol–water partition coefficient (Wildman–Crippen LogP) is 1.82. The van der Waals surface area contributed by atoms with E-state index in [1.165, 1.54) is 16.9 Å². The van der Waals surface area contributed by atoms with E-state index in [1.807, 2.05) is 0 Å². The molecule has 2 aromatic rings. The number of amides is 1. The van der Waals surface area contributed by atoms with E-state index in [2.05, 4.69) is 10.4 Å². The fourth-order valence-electron chi connectivity index (χ4n) is 1.90. The van der Waals surface area contributed by atoms with Crippen molar-refractivity contribution in [3.63, 3.8) is 0 Å². The first-order chi connectivity index (χ1) is 9.65. The third-order valence-electron chi connectivity index (χ3n) is 3.00. The number of nitrogens with zero attached hydrogens (tertiary/aromatic N) is 2. The number of hydrogen-bond acceptors (Lipinski definition) is 3. The number of rotatable bonds is 5. The number of nitrogens with one attached hydrogen (secondary N) is 1. The fraction of sp³-hybridized carbons (Fsp3) is 0.286. The summed E-state index contributed by atoms with van der Waals surface area (Å²) < 4.78 is 15.2. The second kappa shape index (κ2) is 7.75. The first kappa shape index (κ1) is 17.1. The molecule has 5 nitrogen and oxygen atoms in total. The summed E-state index contributed by atoms with van der Waals surface area (Å²) in [4.78, 5) is 12.0. The predicted molar refractivity (Wildman–Crippen MR) is 81.5 cm³/mol. The molecule has 3 N–H and O–H groups in total. The minimum atomic E-state index is -0.381. The Labute approximate surface area is 128 Å². The van der Waals surface area contributed by atoms with Crippen LogP contribution in [-0.4, -0.2) is 28.8 Å². The van der Waals surface area contributed by atoms with Crippen LogP contribution >= 0.6 is 12.4 Å². The second-order valence-electron chi connectivity index (χ2n) is 4.40. The van der Waals surface area contributed by atoms with E-state index in [0.29, 0.717) is 36.5 Å². The maximum atomic E-state index is 13.7. The van der Waals surface area contributed by atoms with Crippen LogP contribution in [0.2, 0.25) is 0 Å². The van der Waals surface area contributed by atoms with E-state index in [4.69, 9.17) is 5.73 Å². The van der Waals surface area contributed by atoms with Crippen LogP contribution in [0.3, 0.4) is 0 Å². The van der Waals surface area contributed by atoms with Crippen molar-refractivity contribution >= 4 is 18.3 Å². The summed E-state index contributed by atoms with van der Waals surface area (Å²) in [5.41, 5.74) is 6.73. The molecule has 0 unspecified atom stereocenters. The van der Waals surface area contributed by atoms with Gasteiger partial charge >= 0.3 is 0 Å². The average Bonchev–Trinajstić information content (AvgIpc) is 2.81. The Bertz CT molecular complexity index is 615. The third-order valence-corrected chi connectivity index (χ3v) is 3.00. The SMILES string of the molecule is Cc1c(C(=O)NCCCN)cnn1-c1ccccc1F.Cl. The quantitative estimate of drug-likeness (QED) is 0.827. The molecule has 0 atom stereocenters. The van der Waals surface area contributed by atoms with Gasteiger partial charge in [-0.3, -0.25) is 4.79 Å². The second-order valence-corrected chi connectivity index (χ2v) is 4.40.